The van der Waals surface area contributed by atoms with Crippen LogP contribution >= 0.6 is 0 Å². The molecule has 0 aliphatic heterocycles. The van der Waals surface area contributed by atoms with E-state index in [1.807, 2.05) is 19.1 Å². The average molecular weight is 249 g/mol. The largest absolute Gasteiger partial charge is 0.396 e. The molecule has 2 N–H and O–H groups in total. The molecule has 0 aliphatic rings. The number of aliphatic hydroxyl groups is 1. The van der Waals surface area contributed by atoms with Gasteiger partial charge in [-0.3, -0.25) is 4.79 Å². The van der Waals surface area contributed by atoms with Gasteiger partial charge in [0.05, 0.1) is 0 Å². The fourth-order valence-electron chi connectivity index (χ4n) is 1.94. The molecule has 0 fully saturated rings. The van der Waals surface area contributed by atoms with E-state index in [-0.39, 0.29) is 12.5 Å². The number of aliphatic hydroxyl groups excluding tert-OH is 1. The second-order valence-electron chi connectivity index (χ2n) is 4.92. The lowest BCUT2D eigenvalue weighted by molar-refractivity contribution is -0.116. The second-order valence-corrected chi connectivity index (χ2v) is 4.92. The first-order valence-corrected chi connectivity index (χ1v) is 6.56. The van der Waals surface area contributed by atoms with E-state index in [1.165, 1.54) is 5.56 Å². The molecule has 1 amide bonds. The summed E-state index contributed by atoms with van der Waals surface area (Å²) in [5.74, 6) is 0.414. The minimum Gasteiger partial charge on any atom is -0.396 e. The van der Waals surface area contributed by atoms with Crippen molar-refractivity contribution in [3.63, 3.8) is 0 Å². The first-order chi connectivity index (χ1) is 8.56. The Morgan fingerprint density at radius 1 is 1.33 bits per heavy atom. The van der Waals surface area contributed by atoms with Gasteiger partial charge in [0.15, 0.2) is 0 Å². The topological polar surface area (TPSA) is 49.3 Å². The summed E-state index contributed by atoms with van der Waals surface area (Å²) in [5.41, 5.74) is 3.21. The number of unbranched alkanes of at least 4 members (excludes halogenated alkanes) is 1. The summed E-state index contributed by atoms with van der Waals surface area (Å²) in [4.78, 5) is 11.8. The first kappa shape index (κ1) is 14.7. The van der Waals surface area contributed by atoms with Crippen molar-refractivity contribution in [2.45, 2.75) is 46.0 Å². The fraction of sp³-hybridized carbons (Fsp3) is 0.533. The molecule has 0 radical (unpaired) electrons. The molecule has 1 aromatic rings. The molecular weight excluding hydrogens is 226 g/mol. The summed E-state index contributed by atoms with van der Waals surface area (Å²) in [6.07, 6.45) is 1.87. The number of nitrogens with one attached hydrogen (secondary N) is 1. The van der Waals surface area contributed by atoms with Gasteiger partial charge in [0, 0.05) is 18.7 Å². The molecule has 0 bridgehead atoms. The SMILES string of the molecule is Cc1cccc(C(C)C)c1NC(=O)CCCCO. The number of carbonyl (C=O) groups excluding carboxylic acids is 1. The number of hydrogen-bond acceptors (Lipinski definition) is 2. The van der Waals surface area contributed by atoms with E-state index in [0.29, 0.717) is 18.8 Å². The van der Waals surface area contributed by atoms with Crippen LogP contribution in [0.25, 0.3) is 0 Å². The number of rotatable bonds is 6. The zero-order valence-electron chi connectivity index (χ0n) is 11.5. The molecule has 0 saturated heterocycles. The maximum absolute atomic E-state index is 11.8. The zero-order chi connectivity index (χ0) is 13.5. The molecule has 100 valence electrons. The van der Waals surface area contributed by atoms with Crippen molar-refractivity contribution >= 4 is 11.6 Å². The Morgan fingerprint density at radius 2 is 2.06 bits per heavy atom. The minimum absolute atomic E-state index is 0.0275. The smallest absolute Gasteiger partial charge is 0.224 e. The zero-order valence-corrected chi connectivity index (χ0v) is 11.5. The number of anilines is 1. The maximum atomic E-state index is 11.8. The van der Waals surface area contributed by atoms with E-state index < -0.39 is 0 Å². The monoisotopic (exact) mass is 249 g/mol. The number of hydrogen-bond donors (Lipinski definition) is 2. The highest BCUT2D eigenvalue weighted by Crippen LogP contribution is 2.27. The van der Waals surface area contributed by atoms with Crippen LogP contribution in [0.15, 0.2) is 18.2 Å². The summed E-state index contributed by atoms with van der Waals surface area (Å²) in [6.45, 7) is 6.40. The van der Waals surface area contributed by atoms with Gasteiger partial charge < -0.3 is 10.4 Å². The minimum atomic E-state index is 0.0275. The van der Waals surface area contributed by atoms with E-state index in [2.05, 4.69) is 25.2 Å². The standard InChI is InChI=1S/C15H23NO2/c1-11(2)13-8-6-7-12(3)15(13)16-14(18)9-4-5-10-17/h6-8,11,17H,4-5,9-10H2,1-3H3,(H,16,18). The van der Waals surface area contributed by atoms with Crippen molar-refractivity contribution in [3.05, 3.63) is 29.3 Å². The van der Waals surface area contributed by atoms with Crippen molar-refractivity contribution in [3.8, 4) is 0 Å². The van der Waals surface area contributed by atoms with Crippen LogP contribution in [0.1, 0.15) is 50.2 Å². The number of carbonyl (C=O) groups is 1. The van der Waals surface area contributed by atoms with Crippen molar-refractivity contribution in [1.29, 1.82) is 0 Å². The summed E-state index contributed by atoms with van der Waals surface area (Å²) in [6, 6.07) is 6.09. The van der Waals surface area contributed by atoms with Gasteiger partial charge in [-0.2, -0.15) is 0 Å². The molecule has 18 heavy (non-hydrogen) atoms. The molecule has 0 aliphatic carbocycles. The van der Waals surface area contributed by atoms with Gasteiger partial charge in [0.2, 0.25) is 5.91 Å². The Morgan fingerprint density at radius 3 is 2.67 bits per heavy atom. The predicted octanol–water partition coefficient (Wildman–Crippen LogP) is 3.22. The van der Waals surface area contributed by atoms with Crippen LogP contribution in [0.5, 0.6) is 0 Å². The third kappa shape index (κ3) is 4.15. The number of benzene rings is 1. The predicted molar refractivity (Wildman–Crippen MR) is 74.8 cm³/mol. The lowest BCUT2D eigenvalue weighted by Crippen LogP contribution is -2.14. The molecule has 1 aromatic carbocycles. The third-order valence-corrected chi connectivity index (χ3v) is 3.00. The Kier molecular flexibility index (Phi) is 5.86. The molecule has 3 heteroatoms. The van der Waals surface area contributed by atoms with Gasteiger partial charge in [0.1, 0.15) is 0 Å². The lowest BCUT2D eigenvalue weighted by atomic mass is 9.98. The average Bonchev–Trinajstić information content (AvgIpc) is 2.31. The molecule has 0 saturated carbocycles. The molecule has 3 nitrogen and oxygen atoms in total. The molecule has 0 spiro atoms. The highest BCUT2D eigenvalue weighted by molar-refractivity contribution is 5.92. The quantitative estimate of drug-likeness (QED) is 0.760. The molecular formula is C15H23NO2. The molecule has 0 heterocycles. The Balaban J connectivity index is 2.74. The molecule has 0 unspecified atom stereocenters. The van der Waals surface area contributed by atoms with Crippen LogP contribution < -0.4 is 5.32 Å². The van der Waals surface area contributed by atoms with Crippen LogP contribution in [0.2, 0.25) is 0 Å². The number of para-hydroxylation sites is 1. The number of amides is 1. The third-order valence-electron chi connectivity index (χ3n) is 3.00. The highest BCUT2D eigenvalue weighted by atomic mass is 16.2. The Bertz CT molecular complexity index is 399. The van der Waals surface area contributed by atoms with Gasteiger partial charge in [-0.1, -0.05) is 32.0 Å². The Hall–Kier alpha value is -1.35. The molecule has 1 rings (SSSR count). The van der Waals surface area contributed by atoms with E-state index >= 15 is 0 Å². The van der Waals surface area contributed by atoms with Crippen molar-refractivity contribution in [2.24, 2.45) is 0 Å². The van der Waals surface area contributed by atoms with Crippen molar-refractivity contribution in [1.82, 2.24) is 0 Å². The van der Waals surface area contributed by atoms with Crippen LogP contribution in [0, 0.1) is 6.92 Å². The summed E-state index contributed by atoms with van der Waals surface area (Å²) >= 11 is 0. The van der Waals surface area contributed by atoms with Crippen LogP contribution in [0.4, 0.5) is 5.69 Å². The lowest BCUT2D eigenvalue weighted by Gasteiger charge is -2.16. The van der Waals surface area contributed by atoms with Crippen molar-refractivity contribution in [2.75, 3.05) is 11.9 Å². The molecule has 0 aromatic heterocycles. The van der Waals surface area contributed by atoms with E-state index in [0.717, 1.165) is 17.7 Å². The van der Waals surface area contributed by atoms with Gasteiger partial charge in [-0.15, -0.1) is 0 Å². The number of aryl methyl sites for hydroxylation is 1. The van der Waals surface area contributed by atoms with E-state index in [9.17, 15) is 4.79 Å². The Labute approximate surface area is 109 Å². The molecule has 0 atom stereocenters. The van der Waals surface area contributed by atoms with Gasteiger partial charge in [-0.25, -0.2) is 0 Å². The van der Waals surface area contributed by atoms with Gasteiger partial charge in [0.25, 0.3) is 0 Å². The summed E-state index contributed by atoms with van der Waals surface area (Å²) < 4.78 is 0. The van der Waals surface area contributed by atoms with Crippen LogP contribution in [0.3, 0.4) is 0 Å². The first-order valence-electron chi connectivity index (χ1n) is 6.56. The normalized spacial score (nSPS) is 10.7. The van der Waals surface area contributed by atoms with E-state index in [4.69, 9.17) is 5.11 Å². The fourth-order valence-corrected chi connectivity index (χ4v) is 1.94. The highest BCUT2D eigenvalue weighted by Gasteiger charge is 2.11. The summed E-state index contributed by atoms with van der Waals surface area (Å²) in [7, 11) is 0. The van der Waals surface area contributed by atoms with Crippen LogP contribution in [-0.4, -0.2) is 17.6 Å². The van der Waals surface area contributed by atoms with Gasteiger partial charge >= 0.3 is 0 Å². The van der Waals surface area contributed by atoms with Gasteiger partial charge in [-0.05, 0) is 36.8 Å². The van der Waals surface area contributed by atoms with Crippen molar-refractivity contribution < 1.29 is 9.90 Å². The van der Waals surface area contributed by atoms with E-state index in [1.54, 1.807) is 0 Å². The summed E-state index contributed by atoms with van der Waals surface area (Å²) in [5, 5.41) is 11.7. The maximum Gasteiger partial charge on any atom is 0.224 e. The van der Waals surface area contributed by atoms with Crippen LogP contribution in [-0.2, 0) is 4.79 Å². The second kappa shape index (κ2) is 7.17.